The second kappa shape index (κ2) is 14.3. The van der Waals surface area contributed by atoms with E-state index in [0.29, 0.717) is 25.8 Å². The molecule has 0 bridgehead atoms. The minimum atomic E-state index is -3.66. The maximum absolute atomic E-state index is 14.3. The number of hydrogen-bond acceptors (Lipinski definition) is 7. The van der Waals surface area contributed by atoms with Gasteiger partial charge >= 0.3 is 5.97 Å². The van der Waals surface area contributed by atoms with E-state index in [9.17, 15) is 27.6 Å². The summed E-state index contributed by atoms with van der Waals surface area (Å²) in [6.45, 7) is 4.03. The fourth-order valence-electron chi connectivity index (χ4n) is 7.17. The van der Waals surface area contributed by atoms with E-state index in [-0.39, 0.29) is 42.4 Å². The molecule has 2 amide bonds. The molecule has 11 heteroatoms. The van der Waals surface area contributed by atoms with E-state index < -0.39 is 46.0 Å². The zero-order valence-corrected chi connectivity index (χ0v) is 26.7. The Morgan fingerprint density at radius 1 is 1.05 bits per heavy atom. The Hall–Kier alpha value is -2.79. The smallest absolute Gasteiger partial charge is 0.309 e. The molecule has 4 rings (SSSR count). The minimum Gasteiger partial charge on any atom is -0.469 e. The SMILES string of the molecule is CC[C@@H](C)C(=O)N[C@H](C(=O)N1CC[C@@H]2[C@H]1[C@@H](C(=O)C[C@@H](Cc1ccccc1)C(=O)OC)CN2S(C)(=O)=O)C1CCCCC1. The van der Waals surface area contributed by atoms with Gasteiger partial charge in [-0.25, -0.2) is 8.42 Å². The van der Waals surface area contributed by atoms with Gasteiger partial charge in [-0.3, -0.25) is 19.2 Å². The van der Waals surface area contributed by atoms with Crippen molar-refractivity contribution >= 4 is 33.6 Å². The number of sulfonamides is 1. The van der Waals surface area contributed by atoms with Gasteiger partial charge in [0.05, 0.1) is 31.2 Å². The van der Waals surface area contributed by atoms with Crippen molar-refractivity contribution in [2.75, 3.05) is 26.5 Å². The van der Waals surface area contributed by atoms with Crippen molar-refractivity contribution in [2.45, 2.75) is 89.8 Å². The molecule has 2 saturated heterocycles. The summed E-state index contributed by atoms with van der Waals surface area (Å²) in [6, 6.07) is 7.46. The van der Waals surface area contributed by atoms with E-state index in [1.165, 1.54) is 11.4 Å². The molecule has 3 aliphatic rings. The second-order valence-electron chi connectivity index (χ2n) is 12.6. The highest BCUT2D eigenvalue weighted by Gasteiger charge is 2.56. The number of ketones is 1. The van der Waals surface area contributed by atoms with Gasteiger partial charge in [0.2, 0.25) is 21.8 Å². The lowest BCUT2D eigenvalue weighted by Gasteiger charge is -2.36. The van der Waals surface area contributed by atoms with Crippen LogP contribution in [-0.4, -0.2) is 85.8 Å². The van der Waals surface area contributed by atoms with Crippen LogP contribution in [0.15, 0.2) is 30.3 Å². The van der Waals surface area contributed by atoms with Crippen molar-refractivity contribution < 1.29 is 32.3 Å². The maximum Gasteiger partial charge on any atom is 0.309 e. The van der Waals surface area contributed by atoms with Crippen LogP contribution in [0, 0.1) is 23.7 Å². The summed E-state index contributed by atoms with van der Waals surface area (Å²) >= 11 is 0. The summed E-state index contributed by atoms with van der Waals surface area (Å²) in [5.74, 6) is -2.94. The van der Waals surface area contributed by atoms with Crippen LogP contribution < -0.4 is 5.32 Å². The highest BCUT2D eigenvalue weighted by atomic mass is 32.2. The number of hydrogen-bond donors (Lipinski definition) is 1. The number of benzene rings is 1. The molecule has 1 saturated carbocycles. The van der Waals surface area contributed by atoms with Crippen LogP contribution in [-0.2, 0) is 40.4 Å². The van der Waals surface area contributed by atoms with Gasteiger partial charge in [-0.2, -0.15) is 4.31 Å². The highest BCUT2D eigenvalue weighted by molar-refractivity contribution is 7.88. The molecule has 6 atom stereocenters. The molecule has 10 nitrogen and oxygen atoms in total. The predicted molar refractivity (Wildman–Crippen MR) is 162 cm³/mol. The number of nitrogens with zero attached hydrogens (tertiary/aromatic N) is 2. The van der Waals surface area contributed by atoms with Crippen LogP contribution in [0.3, 0.4) is 0 Å². The number of rotatable bonds is 12. The third-order valence-corrected chi connectivity index (χ3v) is 11.0. The fourth-order valence-corrected chi connectivity index (χ4v) is 8.33. The molecular formula is C32H47N3O7S. The monoisotopic (exact) mass is 617 g/mol. The van der Waals surface area contributed by atoms with Gasteiger partial charge in [0.1, 0.15) is 11.8 Å². The van der Waals surface area contributed by atoms with Crippen molar-refractivity contribution in [1.29, 1.82) is 0 Å². The first-order valence-corrected chi connectivity index (χ1v) is 17.5. The van der Waals surface area contributed by atoms with E-state index in [1.54, 1.807) is 4.90 Å². The molecule has 3 fully saturated rings. The van der Waals surface area contributed by atoms with E-state index in [1.807, 2.05) is 44.2 Å². The Balaban J connectivity index is 1.62. The largest absolute Gasteiger partial charge is 0.469 e. The minimum absolute atomic E-state index is 0.00977. The summed E-state index contributed by atoms with van der Waals surface area (Å²) in [5.41, 5.74) is 0.887. The summed E-state index contributed by atoms with van der Waals surface area (Å²) in [7, 11) is -2.37. The number of likely N-dealkylation sites (tertiary alicyclic amines) is 1. The first-order chi connectivity index (χ1) is 20.5. The molecule has 0 aromatic heterocycles. The van der Waals surface area contributed by atoms with Gasteiger partial charge in [0.25, 0.3) is 0 Å². The maximum atomic E-state index is 14.3. The van der Waals surface area contributed by atoms with Crippen molar-refractivity contribution in [3.8, 4) is 0 Å². The lowest BCUT2D eigenvalue weighted by atomic mass is 9.82. The Bertz CT molecular complexity index is 1260. The first-order valence-electron chi connectivity index (χ1n) is 15.7. The molecule has 1 N–H and O–H groups in total. The van der Waals surface area contributed by atoms with Crippen molar-refractivity contribution in [3.05, 3.63) is 35.9 Å². The molecule has 43 heavy (non-hydrogen) atoms. The molecule has 2 aliphatic heterocycles. The Labute approximate surface area is 255 Å². The van der Waals surface area contributed by atoms with Crippen LogP contribution in [0.1, 0.15) is 70.8 Å². The molecule has 1 aliphatic carbocycles. The lowest BCUT2D eigenvalue weighted by Crippen LogP contribution is -2.56. The molecule has 1 aromatic carbocycles. The molecule has 238 valence electrons. The van der Waals surface area contributed by atoms with Crippen molar-refractivity contribution in [3.63, 3.8) is 0 Å². The van der Waals surface area contributed by atoms with E-state index in [0.717, 1.165) is 43.9 Å². The van der Waals surface area contributed by atoms with E-state index >= 15 is 0 Å². The van der Waals surface area contributed by atoms with Crippen LogP contribution in [0.5, 0.6) is 0 Å². The summed E-state index contributed by atoms with van der Waals surface area (Å²) < 4.78 is 32.1. The Morgan fingerprint density at radius 2 is 1.72 bits per heavy atom. The molecule has 1 aromatic rings. The molecule has 0 radical (unpaired) electrons. The van der Waals surface area contributed by atoms with E-state index in [2.05, 4.69) is 5.32 Å². The topological polar surface area (TPSA) is 130 Å². The number of ether oxygens (including phenoxy) is 1. The van der Waals surface area contributed by atoms with Crippen molar-refractivity contribution in [1.82, 2.24) is 14.5 Å². The van der Waals surface area contributed by atoms with Crippen LogP contribution in [0.2, 0.25) is 0 Å². The molecule has 0 spiro atoms. The van der Waals surface area contributed by atoms with Gasteiger partial charge in [-0.15, -0.1) is 0 Å². The average Bonchev–Trinajstić information content (AvgIpc) is 3.60. The van der Waals surface area contributed by atoms with Crippen molar-refractivity contribution in [2.24, 2.45) is 23.7 Å². The normalized spacial score (nSPS) is 25.0. The van der Waals surface area contributed by atoms with Gasteiger partial charge < -0.3 is 15.0 Å². The third-order valence-electron chi connectivity index (χ3n) is 9.75. The predicted octanol–water partition coefficient (Wildman–Crippen LogP) is 2.95. The number of carbonyl (C=O) groups is 4. The number of Topliss-reactive ketones (excluding diaryl/α,β-unsaturated/α-hetero) is 1. The summed E-state index contributed by atoms with van der Waals surface area (Å²) in [6.07, 6.45) is 7.10. The summed E-state index contributed by atoms with van der Waals surface area (Å²) in [5, 5.41) is 3.05. The first kappa shape index (κ1) is 33.1. The van der Waals surface area contributed by atoms with Crippen LogP contribution >= 0.6 is 0 Å². The zero-order valence-electron chi connectivity index (χ0n) is 25.9. The number of amides is 2. The average molecular weight is 618 g/mol. The van der Waals surface area contributed by atoms with Gasteiger partial charge in [-0.1, -0.05) is 63.4 Å². The van der Waals surface area contributed by atoms with Crippen LogP contribution in [0.4, 0.5) is 0 Å². The standard InChI is InChI=1S/C32H47N3O7S/c1-5-21(2)30(37)33-28(23-14-10-7-11-15-23)31(38)34-17-16-26-29(34)25(20-35(26)43(4,40)41)27(36)19-24(32(39)42-3)18-22-12-8-6-9-13-22/h6,8-9,12-13,21,23-26,28-29H,5,7,10-11,14-20H2,1-4H3,(H,33,37)/t21-,24-,25-,26-,28+,29-/m1/s1. The number of nitrogens with one attached hydrogen (secondary N) is 1. The van der Waals surface area contributed by atoms with Gasteiger partial charge in [0, 0.05) is 31.5 Å². The second-order valence-corrected chi connectivity index (χ2v) is 14.5. The van der Waals surface area contributed by atoms with Crippen LogP contribution in [0.25, 0.3) is 0 Å². The number of esters is 1. The number of methoxy groups -OCH3 is 1. The zero-order chi connectivity index (χ0) is 31.3. The molecule has 2 heterocycles. The molecular weight excluding hydrogens is 570 g/mol. The number of carbonyl (C=O) groups excluding carboxylic acids is 4. The quantitative estimate of drug-likeness (QED) is 0.357. The Kier molecular flexibility index (Phi) is 11.0. The number of fused-ring (bicyclic) bond motifs is 1. The fraction of sp³-hybridized carbons (Fsp3) is 0.688. The highest BCUT2D eigenvalue weighted by Crippen LogP contribution is 2.40. The van der Waals surface area contributed by atoms with Gasteiger partial charge in [0.15, 0.2) is 0 Å². The third kappa shape index (κ3) is 7.66. The summed E-state index contributed by atoms with van der Waals surface area (Å²) in [4.78, 5) is 55.8. The lowest BCUT2D eigenvalue weighted by molar-refractivity contribution is -0.148. The Morgan fingerprint density at radius 3 is 2.33 bits per heavy atom. The van der Waals surface area contributed by atoms with Gasteiger partial charge in [-0.05, 0) is 43.6 Å². The molecule has 0 unspecified atom stereocenters. The van der Waals surface area contributed by atoms with E-state index in [4.69, 9.17) is 4.74 Å².